The molecule has 2 N–H and O–H groups in total. The molecule has 0 spiro atoms. The summed E-state index contributed by atoms with van der Waals surface area (Å²) in [6, 6.07) is 1.25. The molecule has 1 aromatic heterocycles. The normalized spacial score (nSPS) is 16.4. The summed E-state index contributed by atoms with van der Waals surface area (Å²) in [5.74, 6) is 0.0727. The van der Waals surface area contributed by atoms with Gasteiger partial charge in [-0.2, -0.15) is 30.6 Å². The van der Waals surface area contributed by atoms with Gasteiger partial charge in [0.15, 0.2) is 5.82 Å². The van der Waals surface area contributed by atoms with Crippen molar-refractivity contribution in [1.29, 1.82) is 0 Å². The topological polar surface area (TPSA) is 95.4 Å². The van der Waals surface area contributed by atoms with Crippen molar-refractivity contribution in [3.8, 4) is 11.3 Å². The quantitative estimate of drug-likeness (QED) is 0.615. The maximum absolute atomic E-state index is 13.7. The SMILES string of the molecule is CC(O)CNc1nnc(-c2ccc(C(F)(F)F)cc2C(F)(F)F)c2c1CN(S(C)(=O)=O)CC2. The fraction of sp³-hybridized carbons (Fsp3) is 0.474. The number of aliphatic hydroxyl groups is 1. The van der Waals surface area contributed by atoms with Crippen LogP contribution in [0.5, 0.6) is 0 Å². The van der Waals surface area contributed by atoms with Crippen LogP contribution in [0.2, 0.25) is 0 Å². The summed E-state index contributed by atoms with van der Waals surface area (Å²) >= 11 is 0. The first kappa shape index (κ1) is 25.2. The number of nitrogens with zero attached hydrogens (tertiary/aromatic N) is 3. The largest absolute Gasteiger partial charge is 0.417 e. The molecule has 14 heteroatoms. The third kappa shape index (κ3) is 5.55. The predicted molar refractivity (Wildman–Crippen MR) is 107 cm³/mol. The van der Waals surface area contributed by atoms with E-state index in [1.165, 1.54) is 6.92 Å². The van der Waals surface area contributed by atoms with Crippen LogP contribution >= 0.6 is 0 Å². The van der Waals surface area contributed by atoms with Gasteiger partial charge in [-0.15, -0.1) is 10.2 Å². The number of aromatic nitrogens is 2. The number of fused-ring (bicyclic) bond motifs is 1. The van der Waals surface area contributed by atoms with E-state index in [1.54, 1.807) is 0 Å². The number of alkyl halides is 6. The Labute approximate surface area is 185 Å². The van der Waals surface area contributed by atoms with E-state index in [1.807, 2.05) is 0 Å². The van der Waals surface area contributed by atoms with Crippen LogP contribution in [-0.4, -0.2) is 53.5 Å². The highest BCUT2D eigenvalue weighted by Crippen LogP contribution is 2.42. The lowest BCUT2D eigenvalue weighted by Gasteiger charge is -2.29. The van der Waals surface area contributed by atoms with Crippen molar-refractivity contribution in [1.82, 2.24) is 14.5 Å². The fourth-order valence-electron chi connectivity index (χ4n) is 3.49. The zero-order valence-electron chi connectivity index (χ0n) is 17.4. The van der Waals surface area contributed by atoms with Gasteiger partial charge in [0.05, 0.1) is 29.2 Å². The second-order valence-electron chi connectivity index (χ2n) is 7.69. The highest BCUT2D eigenvalue weighted by molar-refractivity contribution is 7.88. The molecular formula is C19H20F6N4O3S. The van der Waals surface area contributed by atoms with Gasteiger partial charge in [-0.3, -0.25) is 0 Å². The lowest BCUT2D eigenvalue weighted by molar-refractivity contribution is -0.142. The number of anilines is 1. The Morgan fingerprint density at radius 2 is 1.79 bits per heavy atom. The molecule has 7 nitrogen and oxygen atoms in total. The lowest BCUT2D eigenvalue weighted by Crippen LogP contribution is -2.36. The molecule has 0 fully saturated rings. The summed E-state index contributed by atoms with van der Waals surface area (Å²) in [7, 11) is -3.64. The van der Waals surface area contributed by atoms with Crippen molar-refractivity contribution < 1.29 is 39.9 Å². The molecule has 182 valence electrons. The second kappa shape index (κ2) is 8.72. The van der Waals surface area contributed by atoms with Crippen LogP contribution in [0.15, 0.2) is 18.2 Å². The number of benzene rings is 1. The molecule has 1 aromatic carbocycles. The van der Waals surface area contributed by atoms with Gasteiger partial charge in [-0.1, -0.05) is 6.07 Å². The molecule has 2 aromatic rings. The summed E-state index contributed by atoms with van der Waals surface area (Å²) in [4.78, 5) is 0. The number of hydrogen-bond acceptors (Lipinski definition) is 6. The molecule has 3 rings (SSSR count). The molecule has 1 aliphatic rings. The van der Waals surface area contributed by atoms with E-state index in [0.29, 0.717) is 12.1 Å². The summed E-state index contributed by atoms with van der Waals surface area (Å²) in [6.07, 6.45) is -9.96. The number of rotatable bonds is 5. The third-order valence-electron chi connectivity index (χ3n) is 5.07. The van der Waals surface area contributed by atoms with Gasteiger partial charge in [0.25, 0.3) is 0 Å². The highest BCUT2D eigenvalue weighted by Gasteiger charge is 2.40. The van der Waals surface area contributed by atoms with E-state index >= 15 is 0 Å². The van der Waals surface area contributed by atoms with E-state index in [2.05, 4.69) is 15.5 Å². The monoisotopic (exact) mass is 498 g/mol. The molecule has 0 bridgehead atoms. The number of halogens is 6. The number of aliphatic hydroxyl groups excluding tert-OH is 1. The molecule has 1 unspecified atom stereocenters. The van der Waals surface area contributed by atoms with Gasteiger partial charge in [0.2, 0.25) is 10.0 Å². The standard InChI is InChI=1S/C19H20F6N4O3S/c1-10(30)8-26-17-14-9-29(33(2,31)32)6-5-12(14)16(27-28-17)13-4-3-11(18(20,21)22)7-15(13)19(23,24)25/h3-4,7,10,30H,5-6,8-9H2,1-2H3,(H,26,28). The van der Waals surface area contributed by atoms with Gasteiger partial charge in [-0.25, -0.2) is 8.42 Å². The van der Waals surface area contributed by atoms with Crippen LogP contribution < -0.4 is 5.32 Å². The van der Waals surface area contributed by atoms with Gasteiger partial charge >= 0.3 is 12.4 Å². The molecule has 2 heterocycles. The molecule has 0 amide bonds. The Kier molecular flexibility index (Phi) is 6.65. The van der Waals surface area contributed by atoms with Crippen LogP contribution in [0.25, 0.3) is 11.3 Å². The molecule has 1 atom stereocenters. The van der Waals surface area contributed by atoms with E-state index in [0.717, 1.165) is 10.6 Å². The van der Waals surface area contributed by atoms with Crippen LogP contribution in [0.4, 0.5) is 32.2 Å². The van der Waals surface area contributed by atoms with Crippen molar-refractivity contribution in [2.24, 2.45) is 0 Å². The summed E-state index contributed by atoms with van der Waals surface area (Å²) in [5.41, 5.74) is -3.37. The summed E-state index contributed by atoms with van der Waals surface area (Å²) in [6.45, 7) is 1.21. The van der Waals surface area contributed by atoms with Gasteiger partial charge in [0, 0.05) is 30.8 Å². The van der Waals surface area contributed by atoms with Crippen LogP contribution in [0, 0.1) is 0 Å². The van der Waals surface area contributed by atoms with E-state index in [-0.39, 0.29) is 54.8 Å². The Bertz CT molecular complexity index is 1150. The molecule has 0 radical (unpaired) electrons. The van der Waals surface area contributed by atoms with Crippen LogP contribution in [0.1, 0.15) is 29.2 Å². The average Bonchev–Trinajstić information content (AvgIpc) is 2.69. The first-order valence-electron chi connectivity index (χ1n) is 9.63. The predicted octanol–water partition coefficient (Wildman–Crippen LogP) is 3.29. The van der Waals surface area contributed by atoms with E-state index in [4.69, 9.17) is 0 Å². The second-order valence-corrected chi connectivity index (χ2v) is 9.67. The number of nitrogens with one attached hydrogen (secondary N) is 1. The average molecular weight is 498 g/mol. The number of hydrogen-bond donors (Lipinski definition) is 2. The minimum atomic E-state index is -5.11. The molecule has 33 heavy (non-hydrogen) atoms. The minimum absolute atomic E-state index is 0.00736. The first-order valence-corrected chi connectivity index (χ1v) is 11.5. The molecule has 0 aliphatic carbocycles. The van der Waals surface area contributed by atoms with E-state index in [9.17, 15) is 39.9 Å². The van der Waals surface area contributed by atoms with Gasteiger partial charge < -0.3 is 10.4 Å². The highest BCUT2D eigenvalue weighted by atomic mass is 32.2. The van der Waals surface area contributed by atoms with E-state index < -0.39 is 45.2 Å². The third-order valence-corrected chi connectivity index (χ3v) is 6.32. The zero-order valence-corrected chi connectivity index (χ0v) is 18.2. The zero-order chi connectivity index (χ0) is 24.8. The lowest BCUT2D eigenvalue weighted by atomic mass is 9.92. The van der Waals surface area contributed by atoms with Crippen LogP contribution in [0.3, 0.4) is 0 Å². The maximum atomic E-state index is 13.7. The Balaban J connectivity index is 2.21. The van der Waals surface area contributed by atoms with Crippen molar-refractivity contribution in [3.05, 3.63) is 40.5 Å². The number of sulfonamides is 1. The Hall–Kier alpha value is -2.45. The van der Waals surface area contributed by atoms with Crippen molar-refractivity contribution >= 4 is 15.8 Å². The molecular weight excluding hydrogens is 478 g/mol. The molecule has 1 aliphatic heterocycles. The van der Waals surface area contributed by atoms with Crippen molar-refractivity contribution in [2.75, 3.05) is 24.7 Å². The van der Waals surface area contributed by atoms with Gasteiger partial charge in [0.1, 0.15) is 0 Å². The van der Waals surface area contributed by atoms with Crippen molar-refractivity contribution in [3.63, 3.8) is 0 Å². The summed E-state index contributed by atoms with van der Waals surface area (Å²) < 4.78 is 105. The fourth-order valence-corrected chi connectivity index (χ4v) is 4.27. The molecule has 0 saturated heterocycles. The minimum Gasteiger partial charge on any atom is -0.392 e. The van der Waals surface area contributed by atoms with Crippen molar-refractivity contribution in [2.45, 2.75) is 38.3 Å². The van der Waals surface area contributed by atoms with Crippen LogP contribution in [-0.2, 0) is 35.3 Å². The Morgan fingerprint density at radius 1 is 1.12 bits per heavy atom. The molecule has 0 saturated carbocycles. The smallest absolute Gasteiger partial charge is 0.392 e. The summed E-state index contributed by atoms with van der Waals surface area (Å²) in [5, 5.41) is 20.0. The Morgan fingerprint density at radius 3 is 2.33 bits per heavy atom. The van der Waals surface area contributed by atoms with Gasteiger partial charge in [-0.05, 0) is 31.0 Å². The maximum Gasteiger partial charge on any atom is 0.417 e. The first-order chi connectivity index (χ1) is 15.1.